The van der Waals surface area contributed by atoms with E-state index in [2.05, 4.69) is 6.08 Å². The summed E-state index contributed by atoms with van der Waals surface area (Å²) in [4.78, 5) is 13.7. The minimum Gasteiger partial charge on any atom is -0.337 e. The third kappa shape index (κ3) is 1.48. The van der Waals surface area contributed by atoms with Crippen molar-refractivity contribution in [3.63, 3.8) is 0 Å². The molecule has 72 valence electrons. The van der Waals surface area contributed by atoms with Crippen LogP contribution in [0.25, 0.3) is 0 Å². The standard InChI is InChI=1S/C10H16N2O/c11-10(5-4-6-10)9(13)12-7-2-1-3-8-12/h1-2H,3-8,11H2. The van der Waals surface area contributed by atoms with Crippen molar-refractivity contribution in [1.82, 2.24) is 4.90 Å². The zero-order chi connectivity index (χ0) is 9.31. The Morgan fingerprint density at radius 1 is 1.38 bits per heavy atom. The highest BCUT2D eigenvalue weighted by Crippen LogP contribution is 2.31. The Morgan fingerprint density at radius 2 is 2.15 bits per heavy atom. The van der Waals surface area contributed by atoms with E-state index in [0.717, 1.165) is 38.8 Å². The van der Waals surface area contributed by atoms with Crippen molar-refractivity contribution >= 4 is 5.91 Å². The van der Waals surface area contributed by atoms with Crippen LogP contribution >= 0.6 is 0 Å². The minimum absolute atomic E-state index is 0.156. The molecule has 1 aliphatic heterocycles. The Bertz CT molecular complexity index is 243. The number of nitrogens with zero attached hydrogens (tertiary/aromatic N) is 1. The van der Waals surface area contributed by atoms with Gasteiger partial charge in [0.15, 0.2) is 0 Å². The van der Waals surface area contributed by atoms with E-state index in [1.54, 1.807) is 0 Å². The Morgan fingerprint density at radius 3 is 2.62 bits per heavy atom. The lowest BCUT2D eigenvalue weighted by Gasteiger charge is -2.40. The molecule has 2 rings (SSSR count). The van der Waals surface area contributed by atoms with E-state index < -0.39 is 5.54 Å². The molecule has 0 radical (unpaired) electrons. The lowest BCUT2D eigenvalue weighted by Crippen LogP contribution is -2.59. The Kier molecular flexibility index (Phi) is 2.12. The molecule has 0 aromatic heterocycles. The highest BCUT2D eigenvalue weighted by molar-refractivity contribution is 5.87. The van der Waals surface area contributed by atoms with Gasteiger partial charge in [0.25, 0.3) is 0 Å². The van der Waals surface area contributed by atoms with E-state index in [1.807, 2.05) is 11.0 Å². The second kappa shape index (κ2) is 3.14. The lowest BCUT2D eigenvalue weighted by atomic mass is 9.76. The molecular weight excluding hydrogens is 164 g/mol. The van der Waals surface area contributed by atoms with Gasteiger partial charge >= 0.3 is 0 Å². The number of amides is 1. The molecule has 0 aromatic carbocycles. The van der Waals surface area contributed by atoms with E-state index in [0.29, 0.717) is 0 Å². The van der Waals surface area contributed by atoms with Crippen LogP contribution in [-0.4, -0.2) is 29.4 Å². The first kappa shape index (κ1) is 8.75. The summed E-state index contributed by atoms with van der Waals surface area (Å²) in [5, 5.41) is 0. The van der Waals surface area contributed by atoms with Gasteiger partial charge in [-0.2, -0.15) is 0 Å². The molecule has 1 amide bonds. The molecule has 0 aromatic rings. The Labute approximate surface area is 78.6 Å². The van der Waals surface area contributed by atoms with E-state index >= 15 is 0 Å². The zero-order valence-electron chi connectivity index (χ0n) is 7.83. The highest BCUT2D eigenvalue weighted by Gasteiger charge is 2.42. The van der Waals surface area contributed by atoms with Crippen LogP contribution in [0, 0.1) is 0 Å². The number of rotatable bonds is 1. The van der Waals surface area contributed by atoms with Crippen molar-refractivity contribution in [3.05, 3.63) is 12.2 Å². The number of hydrogen-bond acceptors (Lipinski definition) is 2. The van der Waals surface area contributed by atoms with Crippen LogP contribution in [0.2, 0.25) is 0 Å². The van der Waals surface area contributed by atoms with Crippen molar-refractivity contribution in [2.24, 2.45) is 5.73 Å². The lowest BCUT2D eigenvalue weighted by molar-refractivity contribution is -0.139. The summed E-state index contributed by atoms with van der Waals surface area (Å²) in [6.45, 7) is 1.59. The molecule has 3 nitrogen and oxygen atoms in total. The summed E-state index contributed by atoms with van der Waals surface area (Å²) in [7, 11) is 0. The second-order valence-corrected chi connectivity index (χ2v) is 4.02. The van der Waals surface area contributed by atoms with E-state index in [1.165, 1.54) is 0 Å². The van der Waals surface area contributed by atoms with Gasteiger partial charge in [-0.25, -0.2) is 0 Å². The summed E-state index contributed by atoms with van der Waals surface area (Å²) in [5.41, 5.74) is 5.45. The van der Waals surface area contributed by atoms with Crippen LogP contribution in [0.3, 0.4) is 0 Å². The third-order valence-corrected chi connectivity index (χ3v) is 3.02. The smallest absolute Gasteiger partial charge is 0.242 e. The van der Waals surface area contributed by atoms with E-state index in [9.17, 15) is 4.79 Å². The van der Waals surface area contributed by atoms with E-state index in [-0.39, 0.29) is 5.91 Å². The average molecular weight is 180 g/mol. The van der Waals surface area contributed by atoms with Crippen LogP contribution in [0.5, 0.6) is 0 Å². The Hall–Kier alpha value is -0.830. The van der Waals surface area contributed by atoms with Gasteiger partial charge < -0.3 is 10.6 Å². The fraction of sp³-hybridized carbons (Fsp3) is 0.700. The summed E-state index contributed by atoms with van der Waals surface area (Å²) in [6, 6.07) is 0. The Balaban J connectivity index is 1.99. The van der Waals surface area contributed by atoms with Gasteiger partial charge in [-0.1, -0.05) is 12.2 Å². The van der Waals surface area contributed by atoms with Gasteiger partial charge in [-0.15, -0.1) is 0 Å². The van der Waals surface area contributed by atoms with Crippen molar-refractivity contribution in [1.29, 1.82) is 0 Å². The molecule has 13 heavy (non-hydrogen) atoms. The molecule has 3 heteroatoms. The largest absolute Gasteiger partial charge is 0.337 e. The molecule has 1 heterocycles. The molecular formula is C10H16N2O. The van der Waals surface area contributed by atoms with Gasteiger partial charge in [0.2, 0.25) is 5.91 Å². The predicted molar refractivity (Wildman–Crippen MR) is 51.1 cm³/mol. The van der Waals surface area contributed by atoms with Crippen molar-refractivity contribution < 1.29 is 4.79 Å². The SMILES string of the molecule is NC1(C(=O)N2CC=CCC2)CCC1. The monoisotopic (exact) mass is 180 g/mol. The highest BCUT2D eigenvalue weighted by atomic mass is 16.2. The van der Waals surface area contributed by atoms with E-state index in [4.69, 9.17) is 5.73 Å². The summed E-state index contributed by atoms with van der Waals surface area (Å²) < 4.78 is 0. The molecule has 0 saturated heterocycles. The quantitative estimate of drug-likeness (QED) is 0.602. The van der Waals surface area contributed by atoms with Gasteiger partial charge in [-0.05, 0) is 25.7 Å². The average Bonchev–Trinajstić information content (AvgIpc) is 2.14. The number of hydrogen-bond donors (Lipinski definition) is 1. The van der Waals surface area contributed by atoms with Crippen LogP contribution in [0.4, 0.5) is 0 Å². The van der Waals surface area contributed by atoms with Gasteiger partial charge in [-0.3, -0.25) is 4.79 Å². The van der Waals surface area contributed by atoms with Crippen LogP contribution < -0.4 is 5.73 Å². The maximum Gasteiger partial charge on any atom is 0.242 e. The summed E-state index contributed by atoms with van der Waals surface area (Å²) in [5.74, 6) is 0.156. The first-order valence-corrected chi connectivity index (χ1v) is 4.96. The fourth-order valence-electron chi connectivity index (χ4n) is 1.91. The van der Waals surface area contributed by atoms with Gasteiger partial charge in [0.05, 0.1) is 5.54 Å². The third-order valence-electron chi connectivity index (χ3n) is 3.02. The molecule has 0 spiro atoms. The van der Waals surface area contributed by atoms with Crippen molar-refractivity contribution in [2.75, 3.05) is 13.1 Å². The zero-order valence-corrected chi connectivity index (χ0v) is 7.83. The van der Waals surface area contributed by atoms with Crippen molar-refractivity contribution in [3.8, 4) is 0 Å². The number of nitrogens with two attached hydrogens (primary N) is 1. The van der Waals surface area contributed by atoms with Crippen LogP contribution in [0.1, 0.15) is 25.7 Å². The normalized spacial score (nSPS) is 25.5. The predicted octanol–water partition coefficient (Wildman–Crippen LogP) is 0.656. The molecule has 0 bridgehead atoms. The van der Waals surface area contributed by atoms with Gasteiger partial charge in [0.1, 0.15) is 0 Å². The number of carbonyl (C=O) groups is 1. The summed E-state index contributed by atoms with van der Waals surface area (Å²) in [6.07, 6.45) is 7.98. The molecule has 0 unspecified atom stereocenters. The second-order valence-electron chi connectivity index (χ2n) is 4.02. The molecule has 0 atom stereocenters. The molecule has 1 fully saturated rings. The maximum absolute atomic E-state index is 11.9. The fourth-order valence-corrected chi connectivity index (χ4v) is 1.91. The minimum atomic E-state index is -0.509. The first-order valence-electron chi connectivity index (χ1n) is 4.96. The maximum atomic E-state index is 11.9. The van der Waals surface area contributed by atoms with Gasteiger partial charge in [0, 0.05) is 13.1 Å². The topological polar surface area (TPSA) is 46.3 Å². The summed E-state index contributed by atoms with van der Waals surface area (Å²) >= 11 is 0. The first-order chi connectivity index (χ1) is 6.22. The molecule has 1 aliphatic carbocycles. The number of carbonyl (C=O) groups excluding carboxylic acids is 1. The molecule has 2 N–H and O–H groups in total. The van der Waals surface area contributed by atoms with Crippen molar-refractivity contribution in [2.45, 2.75) is 31.2 Å². The molecule has 1 saturated carbocycles. The molecule has 2 aliphatic rings. The van der Waals surface area contributed by atoms with Crippen LogP contribution in [-0.2, 0) is 4.79 Å². The van der Waals surface area contributed by atoms with Crippen LogP contribution in [0.15, 0.2) is 12.2 Å².